The third-order valence-corrected chi connectivity index (χ3v) is 4.41. The van der Waals surface area contributed by atoms with Gasteiger partial charge < -0.3 is 24.5 Å². The van der Waals surface area contributed by atoms with E-state index in [1.165, 1.54) is 13.2 Å². The minimum atomic E-state index is -2.93. The van der Waals surface area contributed by atoms with Gasteiger partial charge in [0.1, 0.15) is 6.26 Å². The highest BCUT2D eigenvalue weighted by atomic mass is 19.3. The first kappa shape index (κ1) is 22.1. The summed E-state index contributed by atoms with van der Waals surface area (Å²) in [6.45, 7) is -0.168. The summed E-state index contributed by atoms with van der Waals surface area (Å²) in [7, 11) is 3.03. The molecule has 2 aromatic carbocycles. The van der Waals surface area contributed by atoms with E-state index in [0.29, 0.717) is 24.9 Å². The highest BCUT2D eigenvalue weighted by Crippen LogP contribution is 2.29. The lowest BCUT2D eigenvalue weighted by Crippen LogP contribution is -2.36. The summed E-state index contributed by atoms with van der Waals surface area (Å²) in [5.74, 6) is 1.28. The Morgan fingerprint density at radius 3 is 2.52 bits per heavy atom. The van der Waals surface area contributed by atoms with Crippen LogP contribution in [0.15, 0.2) is 58.1 Å². The van der Waals surface area contributed by atoms with Gasteiger partial charge in [-0.15, -0.1) is 0 Å². The molecule has 3 aromatic rings. The number of hydrogen-bond donors (Lipinski definition) is 2. The first-order valence-corrected chi connectivity index (χ1v) is 9.56. The van der Waals surface area contributed by atoms with Gasteiger partial charge in [-0.05, 0) is 36.8 Å². The molecule has 0 bridgehead atoms. The van der Waals surface area contributed by atoms with Gasteiger partial charge in [0.2, 0.25) is 5.89 Å². The van der Waals surface area contributed by atoms with Gasteiger partial charge >= 0.3 is 6.61 Å². The quantitative estimate of drug-likeness (QED) is 0.413. The second kappa shape index (κ2) is 10.4. The van der Waals surface area contributed by atoms with Crippen molar-refractivity contribution in [3.8, 4) is 23.0 Å². The molecule has 0 saturated heterocycles. The molecule has 2 N–H and O–H groups in total. The van der Waals surface area contributed by atoms with E-state index < -0.39 is 6.61 Å². The maximum absolute atomic E-state index is 12.6. The summed E-state index contributed by atoms with van der Waals surface area (Å²) >= 11 is 0. The van der Waals surface area contributed by atoms with Crippen molar-refractivity contribution in [2.24, 2.45) is 4.99 Å². The monoisotopic (exact) mass is 430 g/mol. The van der Waals surface area contributed by atoms with E-state index in [2.05, 4.69) is 25.3 Å². The predicted molar refractivity (Wildman–Crippen MR) is 113 cm³/mol. The molecule has 7 nitrogen and oxygen atoms in total. The van der Waals surface area contributed by atoms with Crippen LogP contribution in [0.4, 0.5) is 8.78 Å². The van der Waals surface area contributed by atoms with Crippen LogP contribution >= 0.6 is 0 Å². The second-order valence-corrected chi connectivity index (χ2v) is 6.65. The topological polar surface area (TPSA) is 80.9 Å². The van der Waals surface area contributed by atoms with E-state index in [0.717, 1.165) is 22.4 Å². The zero-order valence-corrected chi connectivity index (χ0v) is 17.5. The minimum Gasteiger partial charge on any atom is -0.493 e. The van der Waals surface area contributed by atoms with E-state index in [1.54, 1.807) is 25.4 Å². The highest BCUT2D eigenvalue weighted by Gasteiger charge is 2.12. The van der Waals surface area contributed by atoms with Gasteiger partial charge in [0.05, 0.1) is 19.3 Å². The summed E-state index contributed by atoms with van der Waals surface area (Å²) in [6, 6.07) is 12.7. The van der Waals surface area contributed by atoms with Crippen LogP contribution in [0.5, 0.6) is 11.5 Å². The maximum Gasteiger partial charge on any atom is 0.387 e. The number of methoxy groups -OCH3 is 1. The number of aliphatic imine (C=N–C) groups is 1. The lowest BCUT2D eigenvalue weighted by Gasteiger charge is -2.14. The smallest absolute Gasteiger partial charge is 0.387 e. The number of aryl methyl sites for hydroxylation is 1. The zero-order chi connectivity index (χ0) is 22.2. The lowest BCUT2D eigenvalue weighted by molar-refractivity contribution is -0.0512. The Morgan fingerprint density at radius 2 is 1.84 bits per heavy atom. The van der Waals surface area contributed by atoms with Crippen molar-refractivity contribution in [3.63, 3.8) is 0 Å². The summed E-state index contributed by atoms with van der Waals surface area (Å²) < 4.78 is 40.3. The third kappa shape index (κ3) is 6.18. The number of rotatable bonds is 8. The van der Waals surface area contributed by atoms with Crippen LogP contribution in [0.1, 0.15) is 16.8 Å². The van der Waals surface area contributed by atoms with Crippen molar-refractivity contribution in [2.45, 2.75) is 26.6 Å². The van der Waals surface area contributed by atoms with Crippen LogP contribution in [-0.4, -0.2) is 31.7 Å². The molecule has 0 aliphatic heterocycles. The minimum absolute atomic E-state index is 0.0222. The van der Waals surface area contributed by atoms with Crippen LogP contribution in [0.2, 0.25) is 0 Å². The van der Waals surface area contributed by atoms with Crippen molar-refractivity contribution in [1.82, 2.24) is 15.6 Å². The Balaban J connectivity index is 1.56. The molecule has 9 heteroatoms. The first-order chi connectivity index (χ1) is 15.0. The molecule has 0 fully saturated rings. The molecule has 0 unspecified atom stereocenters. The van der Waals surface area contributed by atoms with Crippen LogP contribution in [0.25, 0.3) is 11.5 Å². The summed E-state index contributed by atoms with van der Waals surface area (Å²) in [4.78, 5) is 8.64. The number of ether oxygens (including phenoxy) is 2. The number of alkyl halides is 2. The van der Waals surface area contributed by atoms with Gasteiger partial charge in [-0.25, -0.2) is 4.98 Å². The number of nitrogens with zero attached hydrogens (tertiary/aromatic N) is 2. The molecular formula is C22H24F2N4O3. The Morgan fingerprint density at radius 1 is 1.10 bits per heavy atom. The largest absolute Gasteiger partial charge is 0.493 e. The Kier molecular flexibility index (Phi) is 7.42. The predicted octanol–water partition coefficient (Wildman–Crippen LogP) is 4.13. The van der Waals surface area contributed by atoms with E-state index in [1.807, 2.05) is 31.2 Å². The fourth-order valence-electron chi connectivity index (χ4n) is 2.82. The average molecular weight is 430 g/mol. The zero-order valence-electron chi connectivity index (χ0n) is 17.5. The van der Waals surface area contributed by atoms with Gasteiger partial charge in [0.15, 0.2) is 17.5 Å². The molecule has 0 amide bonds. The normalized spacial score (nSPS) is 11.5. The van der Waals surface area contributed by atoms with Crippen LogP contribution in [-0.2, 0) is 13.1 Å². The third-order valence-electron chi connectivity index (χ3n) is 4.41. The maximum atomic E-state index is 12.6. The second-order valence-electron chi connectivity index (χ2n) is 6.65. The molecule has 0 aliphatic rings. The first-order valence-electron chi connectivity index (χ1n) is 9.56. The lowest BCUT2D eigenvalue weighted by atomic mass is 10.1. The number of hydrogen-bond acceptors (Lipinski definition) is 5. The van der Waals surface area contributed by atoms with Gasteiger partial charge in [-0.2, -0.15) is 8.78 Å². The molecule has 1 heterocycles. The molecule has 0 aliphatic carbocycles. The Hall–Kier alpha value is -3.62. The van der Waals surface area contributed by atoms with Crippen LogP contribution < -0.4 is 20.1 Å². The van der Waals surface area contributed by atoms with E-state index in [-0.39, 0.29) is 11.5 Å². The van der Waals surface area contributed by atoms with Crippen molar-refractivity contribution in [2.75, 3.05) is 14.2 Å². The van der Waals surface area contributed by atoms with E-state index in [4.69, 9.17) is 9.15 Å². The Labute approximate surface area is 179 Å². The standard InChI is InChI=1S/C22H24F2N4O3/c1-14-4-7-16(8-5-14)20-28-17(13-30-20)12-27-22(25-2)26-11-15-6-9-18(29-3)19(10-15)31-21(23)24/h4-10,13,21H,11-12H2,1-3H3,(H2,25,26,27). The SMILES string of the molecule is CN=C(NCc1ccc(OC)c(OC(F)F)c1)NCc1coc(-c2ccc(C)cc2)n1. The molecule has 0 radical (unpaired) electrons. The van der Waals surface area contributed by atoms with Crippen molar-refractivity contribution in [1.29, 1.82) is 0 Å². The molecule has 1 aromatic heterocycles. The number of guanidine groups is 1. The van der Waals surface area contributed by atoms with E-state index in [9.17, 15) is 8.78 Å². The molecule has 164 valence electrons. The van der Waals surface area contributed by atoms with Gasteiger partial charge in [0, 0.05) is 19.2 Å². The number of aromatic nitrogens is 1. The summed E-state index contributed by atoms with van der Waals surface area (Å²) in [5.41, 5.74) is 3.51. The average Bonchev–Trinajstić information content (AvgIpc) is 3.23. The molecule has 0 atom stereocenters. The summed E-state index contributed by atoms with van der Waals surface area (Å²) in [6.07, 6.45) is 1.59. The molecule has 31 heavy (non-hydrogen) atoms. The summed E-state index contributed by atoms with van der Waals surface area (Å²) in [5, 5.41) is 6.26. The van der Waals surface area contributed by atoms with Gasteiger partial charge in [-0.1, -0.05) is 23.8 Å². The molecule has 0 saturated carbocycles. The van der Waals surface area contributed by atoms with Gasteiger partial charge in [-0.3, -0.25) is 4.99 Å². The number of benzene rings is 2. The fourth-order valence-corrected chi connectivity index (χ4v) is 2.82. The Bertz CT molecular complexity index is 1020. The van der Waals surface area contributed by atoms with Gasteiger partial charge in [0.25, 0.3) is 0 Å². The van der Waals surface area contributed by atoms with E-state index >= 15 is 0 Å². The molecular weight excluding hydrogens is 406 g/mol. The fraction of sp³-hybridized carbons (Fsp3) is 0.273. The van der Waals surface area contributed by atoms with Crippen LogP contribution in [0, 0.1) is 6.92 Å². The number of oxazole rings is 1. The number of nitrogens with one attached hydrogen (secondary N) is 2. The van der Waals surface area contributed by atoms with Crippen molar-refractivity contribution < 1.29 is 22.7 Å². The van der Waals surface area contributed by atoms with Crippen molar-refractivity contribution >= 4 is 5.96 Å². The molecule has 0 spiro atoms. The highest BCUT2D eigenvalue weighted by molar-refractivity contribution is 5.79. The molecule has 3 rings (SSSR count). The van der Waals surface area contributed by atoms with Crippen LogP contribution in [0.3, 0.4) is 0 Å². The number of halogens is 2. The van der Waals surface area contributed by atoms with Crippen molar-refractivity contribution in [3.05, 3.63) is 65.5 Å².